The second-order valence-corrected chi connectivity index (χ2v) is 6.28. The number of nitrogens with one attached hydrogen (secondary N) is 1. The Morgan fingerprint density at radius 1 is 1.65 bits per heavy atom. The summed E-state index contributed by atoms with van der Waals surface area (Å²) in [6, 6.07) is 0. The molecule has 2 rings (SSSR count). The summed E-state index contributed by atoms with van der Waals surface area (Å²) in [4.78, 5) is 17.2. The fourth-order valence-corrected chi connectivity index (χ4v) is 3.28. The molecule has 0 bridgehead atoms. The van der Waals surface area contributed by atoms with Gasteiger partial charge in [-0.3, -0.25) is 4.79 Å². The predicted octanol–water partition coefficient (Wildman–Crippen LogP) is -0.105. The van der Waals surface area contributed by atoms with E-state index in [4.69, 9.17) is 5.11 Å². The molecular formula is C9H13N3O4S. The number of hydrogen-bond donors (Lipinski definition) is 2. The number of sulfonamides is 1. The second-order valence-electron chi connectivity index (χ2n) is 4.37. The topological polar surface area (TPSA) is 103 Å². The van der Waals surface area contributed by atoms with Gasteiger partial charge in [0, 0.05) is 13.1 Å². The third-order valence-electron chi connectivity index (χ3n) is 3.05. The number of aromatic amines is 1. The summed E-state index contributed by atoms with van der Waals surface area (Å²) < 4.78 is 25.3. The molecule has 1 aromatic heterocycles. The van der Waals surface area contributed by atoms with Crippen molar-refractivity contribution >= 4 is 16.0 Å². The van der Waals surface area contributed by atoms with E-state index in [-0.39, 0.29) is 18.1 Å². The Hall–Kier alpha value is -1.41. The highest BCUT2D eigenvalue weighted by molar-refractivity contribution is 7.89. The first-order valence-electron chi connectivity index (χ1n) is 5.08. The van der Waals surface area contributed by atoms with Gasteiger partial charge in [-0.1, -0.05) is 0 Å². The minimum Gasteiger partial charge on any atom is -0.481 e. The van der Waals surface area contributed by atoms with Crippen LogP contribution in [0.1, 0.15) is 13.3 Å². The van der Waals surface area contributed by atoms with Crippen molar-refractivity contribution in [1.29, 1.82) is 0 Å². The van der Waals surface area contributed by atoms with Crippen molar-refractivity contribution in [3.63, 3.8) is 0 Å². The number of hydrogen-bond acceptors (Lipinski definition) is 4. The molecular weight excluding hydrogens is 246 g/mol. The molecule has 7 nitrogen and oxygen atoms in total. The van der Waals surface area contributed by atoms with Gasteiger partial charge in [0.25, 0.3) is 10.0 Å². The van der Waals surface area contributed by atoms with Crippen LogP contribution in [0.25, 0.3) is 0 Å². The SMILES string of the molecule is CC1(C(=O)O)CCN(S(=O)(=O)c2cnc[nH]2)C1. The van der Waals surface area contributed by atoms with Crippen molar-refractivity contribution in [2.24, 2.45) is 5.41 Å². The van der Waals surface area contributed by atoms with Gasteiger partial charge in [-0.15, -0.1) is 0 Å². The van der Waals surface area contributed by atoms with Crippen molar-refractivity contribution in [1.82, 2.24) is 14.3 Å². The molecule has 1 fully saturated rings. The Bertz CT molecular complexity index is 524. The Morgan fingerprint density at radius 3 is 2.82 bits per heavy atom. The smallest absolute Gasteiger partial charge is 0.310 e. The molecule has 0 aromatic carbocycles. The van der Waals surface area contributed by atoms with E-state index in [1.54, 1.807) is 6.92 Å². The molecule has 2 N–H and O–H groups in total. The minimum atomic E-state index is -3.65. The number of rotatable bonds is 3. The Morgan fingerprint density at radius 2 is 2.35 bits per heavy atom. The lowest BCUT2D eigenvalue weighted by Gasteiger charge is -2.19. The van der Waals surface area contributed by atoms with Crippen molar-refractivity contribution in [3.8, 4) is 0 Å². The van der Waals surface area contributed by atoms with Crippen LogP contribution in [0, 0.1) is 5.41 Å². The molecule has 0 aliphatic carbocycles. The molecule has 1 unspecified atom stereocenters. The van der Waals surface area contributed by atoms with Crippen molar-refractivity contribution < 1.29 is 18.3 Å². The number of nitrogens with zero attached hydrogens (tertiary/aromatic N) is 2. The molecule has 1 aliphatic rings. The van der Waals surface area contributed by atoms with Gasteiger partial charge in [0.2, 0.25) is 0 Å². The molecule has 0 radical (unpaired) electrons. The van der Waals surface area contributed by atoms with Crippen LogP contribution in [-0.4, -0.2) is 46.9 Å². The average Bonchev–Trinajstić information content (AvgIpc) is 2.86. The number of H-pyrrole nitrogens is 1. The van der Waals surface area contributed by atoms with E-state index in [0.717, 1.165) is 0 Å². The molecule has 0 spiro atoms. The molecule has 94 valence electrons. The molecule has 0 amide bonds. The Kier molecular flexibility index (Phi) is 2.70. The maximum atomic E-state index is 12.1. The molecule has 1 aliphatic heterocycles. The number of carbonyl (C=O) groups is 1. The lowest BCUT2D eigenvalue weighted by Crippen LogP contribution is -2.35. The summed E-state index contributed by atoms with van der Waals surface area (Å²) in [7, 11) is -3.65. The third-order valence-corrected chi connectivity index (χ3v) is 4.82. The van der Waals surface area contributed by atoms with E-state index in [9.17, 15) is 13.2 Å². The van der Waals surface area contributed by atoms with Crippen molar-refractivity contribution in [3.05, 3.63) is 12.5 Å². The first-order chi connectivity index (χ1) is 7.86. The van der Waals surface area contributed by atoms with Gasteiger partial charge in [0.1, 0.15) is 0 Å². The van der Waals surface area contributed by atoms with Crippen molar-refractivity contribution in [2.75, 3.05) is 13.1 Å². The highest BCUT2D eigenvalue weighted by Gasteiger charge is 2.45. The van der Waals surface area contributed by atoms with Crippen LogP contribution < -0.4 is 0 Å². The molecule has 1 atom stereocenters. The summed E-state index contributed by atoms with van der Waals surface area (Å²) >= 11 is 0. The molecule has 1 aromatic rings. The predicted molar refractivity (Wildman–Crippen MR) is 57.7 cm³/mol. The van der Waals surface area contributed by atoms with E-state index < -0.39 is 21.4 Å². The van der Waals surface area contributed by atoms with E-state index in [1.165, 1.54) is 16.8 Å². The number of aliphatic carboxylic acids is 1. The molecule has 1 saturated heterocycles. The van der Waals surface area contributed by atoms with Gasteiger partial charge in [-0.25, -0.2) is 13.4 Å². The summed E-state index contributed by atoms with van der Waals surface area (Å²) in [5.41, 5.74) is -1.01. The highest BCUT2D eigenvalue weighted by atomic mass is 32.2. The summed E-state index contributed by atoms with van der Waals surface area (Å²) in [5, 5.41) is 9.04. The molecule has 0 saturated carbocycles. The van der Waals surface area contributed by atoms with Crippen LogP contribution in [0.2, 0.25) is 0 Å². The fraction of sp³-hybridized carbons (Fsp3) is 0.556. The monoisotopic (exact) mass is 259 g/mol. The van der Waals surface area contributed by atoms with Crippen LogP contribution in [0.15, 0.2) is 17.6 Å². The Labute approximate surface area is 98.5 Å². The zero-order chi connectivity index (χ0) is 12.7. The third kappa shape index (κ3) is 1.93. The normalized spacial score (nSPS) is 26.2. The maximum absolute atomic E-state index is 12.1. The first-order valence-corrected chi connectivity index (χ1v) is 6.52. The van der Waals surface area contributed by atoms with Gasteiger partial charge in [-0.2, -0.15) is 4.31 Å². The van der Waals surface area contributed by atoms with Gasteiger partial charge in [0.05, 0.1) is 17.9 Å². The van der Waals surface area contributed by atoms with Crippen LogP contribution in [0.3, 0.4) is 0 Å². The number of aromatic nitrogens is 2. The number of carboxylic acids is 1. The van der Waals surface area contributed by atoms with E-state index >= 15 is 0 Å². The zero-order valence-corrected chi connectivity index (χ0v) is 10.1. The number of imidazole rings is 1. The van der Waals surface area contributed by atoms with Crippen LogP contribution in [-0.2, 0) is 14.8 Å². The van der Waals surface area contributed by atoms with Crippen LogP contribution in [0.5, 0.6) is 0 Å². The minimum absolute atomic E-state index is 0.00728. The van der Waals surface area contributed by atoms with Crippen LogP contribution >= 0.6 is 0 Å². The van der Waals surface area contributed by atoms with Gasteiger partial charge in [-0.05, 0) is 13.3 Å². The average molecular weight is 259 g/mol. The largest absolute Gasteiger partial charge is 0.481 e. The fourth-order valence-electron chi connectivity index (χ4n) is 1.82. The van der Waals surface area contributed by atoms with Gasteiger partial charge >= 0.3 is 5.97 Å². The standard InChI is InChI=1S/C9H13N3O4S/c1-9(8(13)14)2-3-12(5-9)17(15,16)7-4-10-6-11-7/h4,6H,2-3,5H2,1H3,(H,10,11)(H,13,14). The first kappa shape index (κ1) is 12.1. The van der Waals surface area contributed by atoms with E-state index in [1.807, 2.05) is 0 Å². The summed E-state index contributed by atoms with van der Waals surface area (Å²) in [6.45, 7) is 1.76. The lowest BCUT2D eigenvalue weighted by atomic mass is 9.90. The molecule has 17 heavy (non-hydrogen) atoms. The van der Waals surface area contributed by atoms with E-state index in [0.29, 0.717) is 6.42 Å². The molecule has 8 heteroatoms. The second kappa shape index (κ2) is 3.81. The molecule has 2 heterocycles. The Balaban J connectivity index is 2.25. The zero-order valence-electron chi connectivity index (χ0n) is 9.25. The van der Waals surface area contributed by atoms with Gasteiger partial charge in [0.15, 0.2) is 5.03 Å². The van der Waals surface area contributed by atoms with Crippen molar-refractivity contribution in [2.45, 2.75) is 18.4 Å². The summed E-state index contributed by atoms with van der Waals surface area (Å²) in [5.74, 6) is -0.972. The lowest BCUT2D eigenvalue weighted by molar-refractivity contribution is -0.146. The van der Waals surface area contributed by atoms with Gasteiger partial charge < -0.3 is 10.1 Å². The maximum Gasteiger partial charge on any atom is 0.310 e. The number of carboxylic acid groups (broad SMARTS) is 1. The highest BCUT2D eigenvalue weighted by Crippen LogP contribution is 2.33. The van der Waals surface area contributed by atoms with E-state index in [2.05, 4.69) is 9.97 Å². The quantitative estimate of drug-likeness (QED) is 0.788. The summed E-state index contributed by atoms with van der Waals surface area (Å²) in [6.07, 6.45) is 2.81. The van der Waals surface area contributed by atoms with Crippen LogP contribution in [0.4, 0.5) is 0 Å².